The number of amidine groups is 1. The highest BCUT2D eigenvalue weighted by Gasteiger charge is 2.36. The normalized spacial score (nSPS) is 24.3. The number of aliphatic imine (C=N–C) groups is 1. The van der Waals surface area contributed by atoms with Crippen LogP contribution in [0.5, 0.6) is 0 Å². The van der Waals surface area contributed by atoms with Crippen LogP contribution in [0, 0.1) is 5.82 Å². The molecular weight excluding hydrogens is 327 g/mol. The van der Waals surface area contributed by atoms with Gasteiger partial charge in [-0.15, -0.1) is 0 Å². The van der Waals surface area contributed by atoms with Crippen molar-refractivity contribution in [2.45, 2.75) is 31.6 Å². The fraction of sp³-hybridized carbons (Fsp3) is 0.353. The highest BCUT2D eigenvalue weighted by molar-refractivity contribution is 8.13. The molecule has 0 amide bonds. The Balaban J connectivity index is 1.74. The molecule has 0 saturated carbocycles. The van der Waals surface area contributed by atoms with Crippen molar-refractivity contribution in [2.75, 3.05) is 6.26 Å². The average Bonchev–Trinajstić information content (AvgIpc) is 3.22. The van der Waals surface area contributed by atoms with Gasteiger partial charge in [0.1, 0.15) is 11.6 Å². The molecule has 7 heteroatoms. The first-order valence-corrected chi connectivity index (χ1v) is 9.04. The van der Waals surface area contributed by atoms with Crippen LogP contribution < -0.4 is 16.2 Å². The lowest BCUT2D eigenvalue weighted by Crippen LogP contribution is -2.45. The topological polar surface area (TPSA) is 61.6 Å². The van der Waals surface area contributed by atoms with Crippen LogP contribution in [-0.2, 0) is 6.54 Å². The molecule has 2 heterocycles. The van der Waals surface area contributed by atoms with E-state index in [0.717, 1.165) is 10.9 Å². The summed E-state index contributed by atoms with van der Waals surface area (Å²) in [5.74, 6) is 0.567. The highest BCUT2D eigenvalue weighted by atomic mass is 32.2. The summed E-state index contributed by atoms with van der Waals surface area (Å²) in [6.07, 6.45) is 3.44. The third-order valence-corrected chi connectivity index (χ3v) is 4.69. The van der Waals surface area contributed by atoms with Gasteiger partial charge in [-0.05, 0) is 36.9 Å². The molecule has 0 aliphatic carbocycles. The smallest absolute Gasteiger partial charge is 0.158 e. The largest absolute Gasteiger partial charge is 0.467 e. The molecule has 0 bridgehead atoms. The summed E-state index contributed by atoms with van der Waals surface area (Å²) in [7, 11) is 0. The summed E-state index contributed by atoms with van der Waals surface area (Å²) in [6, 6.07) is 10.7. The minimum atomic E-state index is -0.190. The van der Waals surface area contributed by atoms with Crippen LogP contribution in [-0.4, -0.2) is 23.6 Å². The van der Waals surface area contributed by atoms with Gasteiger partial charge in [-0.2, -0.15) is 0 Å². The van der Waals surface area contributed by atoms with Gasteiger partial charge in [0.05, 0.1) is 19.0 Å². The number of hydrogen-bond acceptors (Lipinski definition) is 5. The quantitative estimate of drug-likeness (QED) is 0.586. The van der Waals surface area contributed by atoms with Gasteiger partial charge in [-0.25, -0.2) is 9.82 Å². The Labute approximate surface area is 145 Å². The van der Waals surface area contributed by atoms with Crippen molar-refractivity contribution in [3.8, 4) is 0 Å². The monoisotopic (exact) mass is 348 g/mol. The molecule has 3 N–H and O–H groups in total. The average molecular weight is 348 g/mol. The van der Waals surface area contributed by atoms with E-state index in [4.69, 9.17) is 4.42 Å². The molecule has 1 saturated heterocycles. The first-order chi connectivity index (χ1) is 11.7. The zero-order valence-electron chi connectivity index (χ0n) is 13.6. The van der Waals surface area contributed by atoms with Crippen LogP contribution in [0.4, 0.5) is 4.39 Å². The SMILES string of the molecule is CSC(=NCc1ccco1)NC1NNC(C)C1c1ccccc1F. The zero-order valence-corrected chi connectivity index (χ0v) is 14.4. The first kappa shape index (κ1) is 17.0. The molecule has 0 spiro atoms. The van der Waals surface area contributed by atoms with Crippen LogP contribution in [0.1, 0.15) is 24.2 Å². The van der Waals surface area contributed by atoms with E-state index in [-0.39, 0.29) is 23.9 Å². The minimum absolute atomic E-state index is 0.0489. The molecule has 1 aromatic carbocycles. The molecule has 5 nitrogen and oxygen atoms in total. The van der Waals surface area contributed by atoms with Crippen LogP contribution in [0.2, 0.25) is 0 Å². The second kappa shape index (κ2) is 7.83. The van der Waals surface area contributed by atoms with Crippen molar-refractivity contribution in [3.63, 3.8) is 0 Å². The highest BCUT2D eigenvalue weighted by Crippen LogP contribution is 2.28. The van der Waals surface area contributed by atoms with Crippen LogP contribution >= 0.6 is 11.8 Å². The Morgan fingerprint density at radius 2 is 2.12 bits per heavy atom. The Bertz CT molecular complexity index is 692. The summed E-state index contributed by atoms with van der Waals surface area (Å²) in [5, 5.41) is 4.14. The number of halogens is 1. The maximum Gasteiger partial charge on any atom is 0.158 e. The second-order valence-electron chi connectivity index (χ2n) is 5.65. The summed E-state index contributed by atoms with van der Waals surface area (Å²) in [5.41, 5.74) is 7.06. The molecule has 1 aromatic heterocycles. The molecule has 1 fully saturated rings. The molecule has 3 rings (SSSR count). The lowest BCUT2D eigenvalue weighted by atomic mass is 9.91. The number of furan rings is 1. The van der Waals surface area contributed by atoms with E-state index in [1.54, 1.807) is 12.3 Å². The number of nitrogens with zero attached hydrogens (tertiary/aromatic N) is 1. The third kappa shape index (κ3) is 3.80. The van der Waals surface area contributed by atoms with E-state index < -0.39 is 0 Å². The van der Waals surface area contributed by atoms with Crippen molar-refractivity contribution in [3.05, 3.63) is 59.8 Å². The van der Waals surface area contributed by atoms with Gasteiger partial charge in [0.2, 0.25) is 0 Å². The molecule has 3 unspecified atom stereocenters. The summed E-state index contributed by atoms with van der Waals surface area (Å²) >= 11 is 1.52. The van der Waals surface area contributed by atoms with Gasteiger partial charge in [-0.1, -0.05) is 30.0 Å². The van der Waals surface area contributed by atoms with Gasteiger partial charge < -0.3 is 9.73 Å². The van der Waals surface area contributed by atoms with Crippen molar-refractivity contribution in [2.24, 2.45) is 4.99 Å². The molecule has 0 radical (unpaired) electrons. The van der Waals surface area contributed by atoms with E-state index in [1.807, 2.05) is 37.4 Å². The van der Waals surface area contributed by atoms with Crippen molar-refractivity contribution >= 4 is 16.9 Å². The van der Waals surface area contributed by atoms with Crippen molar-refractivity contribution < 1.29 is 8.81 Å². The maximum atomic E-state index is 14.2. The lowest BCUT2D eigenvalue weighted by Gasteiger charge is -2.23. The van der Waals surface area contributed by atoms with Gasteiger partial charge in [0.15, 0.2) is 5.17 Å². The van der Waals surface area contributed by atoms with Crippen LogP contribution in [0.25, 0.3) is 0 Å². The van der Waals surface area contributed by atoms with E-state index in [9.17, 15) is 4.39 Å². The minimum Gasteiger partial charge on any atom is -0.467 e. The summed E-state index contributed by atoms with van der Waals surface area (Å²) in [4.78, 5) is 4.54. The molecule has 3 atom stereocenters. The van der Waals surface area contributed by atoms with Crippen molar-refractivity contribution in [1.29, 1.82) is 0 Å². The molecular formula is C17H21FN4OS. The number of hydrogen-bond donors (Lipinski definition) is 3. The Morgan fingerprint density at radius 3 is 2.83 bits per heavy atom. The zero-order chi connectivity index (χ0) is 16.9. The second-order valence-corrected chi connectivity index (χ2v) is 6.45. The van der Waals surface area contributed by atoms with E-state index in [2.05, 4.69) is 21.2 Å². The predicted molar refractivity (Wildman–Crippen MR) is 95.2 cm³/mol. The fourth-order valence-electron chi connectivity index (χ4n) is 2.86. The van der Waals surface area contributed by atoms with E-state index in [0.29, 0.717) is 12.1 Å². The molecule has 1 aliphatic rings. The Hall–Kier alpha value is -1.83. The van der Waals surface area contributed by atoms with Gasteiger partial charge in [0.25, 0.3) is 0 Å². The first-order valence-electron chi connectivity index (χ1n) is 7.82. The molecule has 1 aliphatic heterocycles. The van der Waals surface area contributed by atoms with Gasteiger partial charge in [-0.3, -0.25) is 10.4 Å². The Morgan fingerprint density at radius 1 is 1.29 bits per heavy atom. The van der Waals surface area contributed by atoms with Crippen LogP contribution in [0.3, 0.4) is 0 Å². The van der Waals surface area contributed by atoms with E-state index >= 15 is 0 Å². The number of benzene rings is 1. The number of rotatable bonds is 4. The number of thioether (sulfide) groups is 1. The third-order valence-electron chi connectivity index (χ3n) is 4.06. The maximum absolute atomic E-state index is 14.2. The van der Waals surface area contributed by atoms with Gasteiger partial charge >= 0.3 is 0 Å². The predicted octanol–water partition coefficient (Wildman–Crippen LogP) is 2.83. The summed E-state index contributed by atoms with van der Waals surface area (Å²) < 4.78 is 19.5. The number of hydrazine groups is 1. The van der Waals surface area contributed by atoms with Crippen LogP contribution in [0.15, 0.2) is 52.1 Å². The summed E-state index contributed by atoms with van der Waals surface area (Å²) in [6.45, 7) is 2.50. The van der Waals surface area contributed by atoms with Crippen molar-refractivity contribution in [1.82, 2.24) is 16.2 Å². The number of nitrogens with one attached hydrogen (secondary N) is 3. The molecule has 2 aromatic rings. The molecule has 128 valence electrons. The fourth-order valence-corrected chi connectivity index (χ4v) is 3.30. The lowest BCUT2D eigenvalue weighted by molar-refractivity contribution is 0.480. The molecule has 24 heavy (non-hydrogen) atoms. The Kier molecular flexibility index (Phi) is 5.55. The standard InChI is InChI=1S/C17H21FN4OS/c1-11-15(13-7-3-4-8-14(13)18)16(22-21-11)20-17(24-2)19-10-12-6-5-9-23-12/h3-9,11,15-16,21-22H,10H2,1-2H3,(H,19,20). The van der Waals surface area contributed by atoms with Gasteiger partial charge in [0, 0.05) is 12.0 Å². The van der Waals surface area contributed by atoms with E-state index in [1.165, 1.54) is 17.8 Å².